The maximum Gasteiger partial charge on any atom is 0 e. The van der Waals surface area contributed by atoms with Crippen LogP contribution >= 0.6 is 0 Å². The SMILES string of the molecule is N.N.N.N.N.[Cu].[Ta].[Ta].[Ta].[Ta]. The van der Waals surface area contributed by atoms with Gasteiger partial charge in [-0.25, -0.2) is 0 Å². The second-order valence-electron chi connectivity index (χ2n) is 0. The van der Waals surface area contributed by atoms with Crippen molar-refractivity contribution in [3.63, 3.8) is 0 Å². The third kappa shape index (κ3) is 111. The first-order chi connectivity index (χ1) is 0. The monoisotopic (exact) mass is 872 g/mol. The zero-order chi connectivity index (χ0) is 0. The summed E-state index contributed by atoms with van der Waals surface area (Å²) in [6.45, 7) is 0. The zero-order valence-corrected chi connectivity index (χ0v) is 19.4. The van der Waals surface area contributed by atoms with Crippen molar-refractivity contribution in [1.29, 1.82) is 0 Å². The van der Waals surface area contributed by atoms with Crippen molar-refractivity contribution in [2.45, 2.75) is 0 Å². The van der Waals surface area contributed by atoms with Crippen LogP contribution in [0.25, 0.3) is 0 Å². The summed E-state index contributed by atoms with van der Waals surface area (Å²) in [6.07, 6.45) is 0. The Bertz CT molecular complexity index is 13.6. The molecule has 0 aliphatic carbocycles. The molecular weight excluding hydrogens is 857 g/mol. The Hall–Kier alpha value is 3.28. The van der Waals surface area contributed by atoms with Gasteiger partial charge in [-0.1, -0.05) is 0 Å². The predicted octanol–water partition coefficient (Wildman–Crippen LogP) is 0.797. The second-order valence-corrected chi connectivity index (χ2v) is 0. The van der Waals surface area contributed by atoms with Gasteiger partial charge in [-0.05, 0) is 0 Å². The summed E-state index contributed by atoms with van der Waals surface area (Å²) < 4.78 is 0. The predicted molar refractivity (Wildman–Crippen MR) is 25.1 cm³/mol. The molecule has 0 saturated heterocycles. The van der Waals surface area contributed by atoms with Crippen molar-refractivity contribution < 1.29 is 107 Å². The van der Waals surface area contributed by atoms with E-state index < -0.39 is 0 Å². The number of rotatable bonds is 0. The Morgan fingerprint density at radius 3 is 0.300 bits per heavy atom. The van der Waals surface area contributed by atoms with Gasteiger partial charge in [0.15, 0.2) is 0 Å². The molecule has 10 heteroatoms. The minimum Gasteiger partial charge on any atom is -0.344 e. The fraction of sp³-hybridized carbons (Fsp3) is 0. The van der Waals surface area contributed by atoms with Crippen LogP contribution in [0.1, 0.15) is 0 Å². The van der Waals surface area contributed by atoms with E-state index in [4.69, 9.17) is 0 Å². The molecule has 0 aromatic heterocycles. The summed E-state index contributed by atoms with van der Waals surface area (Å²) >= 11 is 0. The number of hydrogen-bond acceptors (Lipinski definition) is 5. The maximum atomic E-state index is 0. The van der Waals surface area contributed by atoms with Crippen molar-refractivity contribution >= 4 is 0 Å². The third-order valence-electron chi connectivity index (χ3n) is 0. The van der Waals surface area contributed by atoms with Crippen molar-refractivity contribution in [1.82, 2.24) is 30.8 Å². The molecule has 0 saturated carbocycles. The van der Waals surface area contributed by atoms with Crippen molar-refractivity contribution in [3.8, 4) is 0 Å². The Morgan fingerprint density at radius 2 is 0.300 bits per heavy atom. The second kappa shape index (κ2) is 145. The Balaban J connectivity index is 0. The molecule has 5 radical (unpaired) electrons. The minimum atomic E-state index is 0. The molecule has 0 aromatic carbocycles. The quantitative estimate of drug-likeness (QED) is 0.226. The molecule has 0 aliphatic heterocycles. The largest absolute Gasteiger partial charge is 0.344 e. The van der Waals surface area contributed by atoms with Crippen LogP contribution in [0.2, 0.25) is 0 Å². The van der Waals surface area contributed by atoms with Gasteiger partial charge in [-0.2, -0.15) is 0 Å². The summed E-state index contributed by atoms with van der Waals surface area (Å²) in [6, 6.07) is 0. The van der Waals surface area contributed by atoms with Gasteiger partial charge in [0.25, 0.3) is 0 Å². The molecule has 0 spiro atoms. The first-order valence-corrected chi connectivity index (χ1v) is 0. The maximum absolute atomic E-state index is 0. The van der Waals surface area contributed by atoms with Crippen LogP contribution in [-0.4, -0.2) is 0 Å². The molecule has 0 atom stereocenters. The molecule has 15 N–H and O–H groups in total. The molecule has 0 bridgehead atoms. The van der Waals surface area contributed by atoms with Crippen molar-refractivity contribution in [3.05, 3.63) is 0 Å². The summed E-state index contributed by atoms with van der Waals surface area (Å²) in [7, 11) is 0. The van der Waals surface area contributed by atoms with Crippen LogP contribution < -0.4 is 30.8 Å². The summed E-state index contributed by atoms with van der Waals surface area (Å²) in [4.78, 5) is 0. The molecule has 0 aromatic rings. The topological polar surface area (TPSA) is 175 Å². The molecule has 0 amide bonds. The first kappa shape index (κ1) is 186. The van der Waals surface area contributed by atoms with Gasteiger partial charge >= 0.3 is 0 Å². The first-order valence-electron chi connectivity index (χ1n) is 0. The molecule has 0 fully saturated rings. The smallest absolute Gasteiger partial charge is 0 e. The number of hydrogen-bond donors (Lipinski definition) is 5. The summed E-state index contributed by atoms with van der Waals surface area (Å²) in [5, 5.41) is 0. The van der Waals surface area contributed by atoms with E-state index >= 15 is 0 Å². The van der Waals surface area contributed by atoms with Gasteiger partial charge in [-0.15, -0.1) is 0 Å². The molecule has 0 aliphatic rings. The molecule has 0 unspecified atom stereocenters. The van der Waals surface area contributed by atoms with Crippen LogP contribution in [0, 0.1) is 0 Å². The van der Waals surface area contributed by atoms with Crippen molar-refractivity contribution in [2.75, 3.05) is 0 Å². The summed E-state index contributed by atoms with van der Waals surface area (Å²) in [5.41, 5.74) is 0. The van der Waals surface area contributed by atoms with Gasteiger partial charge in [-0.3, -0.25) is 0 Å². The molecule has 0 rings (SSSR count). The zero-order valence-electron chi connectivity index (χ0n) is 5.63. The minimum absolute atomic E-state index is 0. The fourth-order valence-electron chi connectivity index (χ4n) is 0. The van der Waals surface area contributed by atoms with Crippen molar-refractivity contribution in [2.24, 2.45) is 0 Å². The van der Waals surface area contributed by atoms with E-state index in [0.717, 1.165) is 0 Å². The Labute approximate surface area is 135 Å². The van der Waals surface area contributed by atoms with Gasteiger partial charge < -0.3 is 30.8 Å². The van der Waals surface area contributed by atoms with Crippen LogP contribution in [0.5, 0.6) is 0 Å². The van der Waals surface area contributed by atoms with E-state index in [2.05, 4.69) is 0 Å². The average molecular weight is 872 g/mol. The standard InChI is InChI=1S/Cu.5H3N.4Ta/h;5*1H3;;;;. The molecule has 10 heavy (non-hydrogen) atoms. The van der Waals surface area contributed by atoms with E-state index in [1.54, 1.807) is 0 Å². The normalized spacial score (nSPS) is 0. The van der Waals surface area contributed by atoms with E-state index in [-0.39, 0.29) is 137 Å². The average Bonchev–Trinajstić information content (AvgIpc) is 0. The van der Waals surface area contributed by atoms with Gasteiger partial charge in [0.2, 0.25) is 0 Å². The van der Waals surface area contributed by atoms with Crippen LogP contribution in [0.3, 0.4) is 0 Å². The Morgan fingerprint density at radius 1 is 0.300 bits per heavy atom. The molecule has 5 nitrogen and oxygen atoms in total. The fourth-order valence-corrected chi connectivity index (χ4v) is 0. The third-order valence-corrected chi connectivity index (χ3v) is 0. The van der Waals surface area contributed by atoms with Gasteiger partial charge in [0.1, 0.15) is 0 Å². The van der Waals surface area contributed by atoms with Crippen LogP contribution in [0.4, 0.5) is 0 Å². The van der Waals surface area contributed by atoms with Crippen LogP contribution in [-0.2, 0) is 107 Å². The molecular formula is H15CuN5Ta4. The van der Waals surface area contributed by atoms with E-state index in [1.165, 1.54) is 0 Å². The van der Waals surface area contributed by atoms with E-state index in [9.17, 15) is 0 Å². The molecule has 71 valence electrons. The van der Waals surface area contributed by atoms with Gasteiger partial charge in [0.05, 0.1) is 0 Å². The molecule has 0 heterocycles. The van der Waals surface area contributed by atoms with Gasteiger partial charge in [0, 0.05) is 107 Å². The van der Waals surface area contributed by atoms with E-state index in [0.29, 0.717) is 0 Å². The van der Waals surface area contributed by atoms with E-state index in [1.807, 2.05) is 0 Å². The van der Waals surface area contributed by atoms with Crippen LogP contribution in [0.15, 0.2) is 0 Å². The Kier molecular flexibility index (Phi) is 2700. The summed E-state index contributed by atoms with van der Waals surface area (Å²) in [5.74, 6) is 0.